The first-order chi connectivity index (χ1) is 13.9. The summed E-state index contributed by atoms with van der Waals surface area (Å²) in [5, 5.41) is 13.0. The van der Waals surface area contributed by atoms with Gasteiger partial charge < -0.3 is 9.52 Å². The van der Waals surface area contributed by atoms with Crippen LogP contribution in [-0.2, 0) is 4.79 Å². The van der Waals surface area contributed by atoms with E-state index < -0.39 is 11.8 Å². The number of aromatic carboxylic acids is 1. The minimum Gasteiger partial charge on any atom is -0.478 e. The van der Waals surface area contributed by atoms with Crippen molar-refractivity contribution in [2.75, 3.05) is 0 Å². The summed E-state index contributed by atoms with van der Waals surface area (Å²) in [5.41, 5.74) is 5.23. The van der Waals surface area contributed by atoms with Crippen LogP contribution in [0.5, 0.6) is 0 Å². The number of furan rings is 1. The minimum atomic E-state index is -1.01. The Kier molecular flexibility index (Phi) is 4.56. The van der Waals surface area contributed by atoms with Gasteiger partial charge in [0.15, 0.2) is 0 Å². The van der Waals surface area contributed by atoms with E-state index in [-0.39, 0.29) is 11.5 Å². The number of carbonyl (C=O) groups is 2. The van der Waals surface area contributed by atoms with Gasteiger partial charge in [-0.1, -0.05) is 24.3 Å². The Morgan fingerprint density at radius 3 is 2.24 bits per heavy atom. The molecule has 29 heavy (non-hydrogen) atoms. The number of hydrazone groups is 1. The van der Waals surface area contributed by atoms with Crippen LogP contribution in [0.15, 0.2) is 75.8 Å². The summed E-state index contributed by atoms with van der Waals surface area (Å²) in [6.45, 7) is 1.70. The fraction of sp³-hybridized carbons (Fsp3) is 0.0455. The first kappa shape index (κ1) is 18.4. The lowest BCUT2D eigenvalue weighted by Gasteiger charge is -2.09. The maximum Gasteiger partial charge on any atom is 0.335 e. The third-order valence-corrected chi connectivity index (χ3v) is 4.57. The molecule has 4 rings (SSSR count). The van der Waals surface area contributed by atoms with E-state index in [1.807, 2.05) is 0 Å². The lowest BCUT2D eigenvalue weighted by atomic mass is 9.95. The summed E-state index contributed by atoms with van der Waals surface area (Å²) in [7, 11) is 0. The van der Waals surface area contributed by atoms with Crippen molar-refractivity contribution in [1.82, 2.24) is 5.43 Å². The average molecular weight is 390 g/mol. The molecule has 2 N–H and O–H groups in total. The number of nitrogens with one attached hydrogen (secondary N) is 1. The fourth-order valence-electron chi connectivity index (χ4n) is 3.14. The first-order valence-corrected chi connectivity index (χ1v) is 8.73. The molecular formula is C22H15FN2O4. The van der Waals surface area contributed by atoms with Gasteiger partial charge in [0.05, 0.1) is 16.8 Å². The number of carboxylic acids is 1. The van der Waals surface area contributed by atoms with Crippen LogP contribution < -0.4 is 5.43 Å². The van der Waals surface area contributed by atoms with Gasteiger partial charge in [0.1, 0.15) is 17.3 Å². The molecule has 1 aliphatic heterocycles. The van der Waals surface area contributed by atoms with Crippen LogP contribution in [0.3, 0.4) is 0 Å². The molecule has 0 radical (unpaired) electrons. The van der Waals surface area contributed by atoms with Crippen LogP contribution in [0.2, 0.25) is 0 Å². The number of benzene rings is 2. The zero-order chi connectivity index (χ0) is 20.5. The standard InChI is InChI=1S/C22H15FN2O4/c1-12-19(21(26)25-24-12)20(14-6-8-16(23)9-7-14)18-11-10-17(29-18)13-2-4-15(5-3-13)22(27)28/h2-11H,1H3,(H,25,26)(H,27,28). The van der Waals surface area contributed by atoms with Crippen molar-refractivity contribution < 1.29 is 23.5 Å². The second-order valence-corrected chi connectivity index (χ2v) is 6.44. The van der Waals surface area contributed by atoms with E-state index in [0.717, 1.165) is 0 Å². The highest BCUT2D eigenvalue weighted by Gasteiger charge is 2.27. The van der Waals surface area contributed by atoms with Gasteiger partial charge in [-0.3, -0.25) is 4.79 Å². The quantitative estimate of drug-likeness (QED) is 0.657. The van der Waals surface area contributed by atoms with Crippen molar-refractivity contribution in [2.45, 2.75) is 6.92 Å². The molecule has 0 atom stereocenters. The van der Waals surface area contributed by atoms with E-state index in [4.69, 9.17) is 9.52 Å². The number of amides is 1. The Labute approximate surface area is 165 Å². The molecule has 2 heterocycles. The van der Waals surface area contributed by atoms with E-state index in [2.05, 4.69) is 10.5 Å². The number of hydrogen-bond acceptors (Lipinski definition) is 4. The third-order valence-electron chi connectivity index (χ3n) is 4.57. The predicted molar refractivity (Wildman–Crippen MR) is 105 cm³/mol. The number of nitrogens with zero attached hydrogens (tertiary/aromatic N) is 1. The highest BCUT2D eigenvalue weighted by Crippen LogP contribution is 2.33. The number of carbonyl (C=O) groups excluding carboxylic acids is 1. The van der Waals surface area contributed by atoms with Gasteiger partial charge in [-0.15, -0.1) is 0 Å². The maximum absolute atomic E-state index is 13.4. The lowest BCUT2D eigenvalue weighted by Crippen LogP contribution is -2.15. The third kappa shape index (κ3) is 3.45. The molecule has 1 amide bonds. The molecule has 0 bridgehead atoms. The lowest BCUT2D eigenvalue weighted by molar-refractivity contribution is -0.116. The fourth-order valence-corrected chi connectivity index (χ4v) is 3.14. The van der Waals surface area contributed by atoms with Gasteiger partial charge in [-0.25, -0.2) is 14.6 Å². The summed E-state index contributed by atoms with van der Waals surface area (Å²) >= 11 is 0. The van der Waals surface area contributed by atoms with Crippen LogP contribution in [-0.4, -0.2) is 22.7 Å². The Hall–Kier alpha value is -4.00. The molecule has 7 heteroatoms. The van der Waals surface area contributed by atoms with E-state index in [0.29, 0.717) is 39.5 Å². The van der Waals surface area contributed by atoms with Crippen molar-refractivity contribution >= 4 is 23.2 Å². The van der Waals surface area contributed by atoms with Gasteiger partial charge >= 0.3 is 5.97 Å². The highest BCUT2D eigenvalue weighted by atomic mass is 19.1. The molecule has 0 aliphatic carbocycles. The Balaban J connectivity index is 1.82. The molecule has 144 valence electrons. The second kappa shape index (κ2) is 7.20. The van der Waals surface area contributed by atoms with Crippen molar-refractivity contribution in [3.05, 3.63) is 88.9 Å². The van der Waals surface area contributed by atoms with Gasteiger partial charge in [0, 0.05) is 11.1 Å². The van der Waals surface area contributed by atoms with Crippen LogP contribution >= 0.6 is 0 Å². The van der Waals surface area contributed by atoms with Crippen molar-refractivity contribution in [2.24, 2.45) is 5.10 Å². The molecule has 0 fully saturated rings. The summed E-state index contributed by atoms with van der Waals surface area (Å²) < 4.78 is 19.4. The summed E-state index contributed by atoms with van der Waals surface area (Å²) in [6, 6.07) is 15.5. The Bertz CT molecular complexity index is 1170. The van der Waals surface area contributed by atoms with E-state index >= 15 is 0 Å². The van der Waals surface area contributed by atoms with E-state index in [1.165, 1.54) is 24.3 Å². The molecule has 0 spiro atoms. The smallest absolute Gasteiger partial charge is 0.335 e. The highest BCUT2D eigenvalue weighted by molar-refractivity contribution is 6.29. The van der Waals surface area contributed by atoms with Crippen molar-refractivity contribution in [1.29, 1.82) is 0 Å². The molecule has 0 saturated heterocycles. The van der Waals surface area contributed by atoms with Gasteiger partial charge in [-0.05, 0) is 48.9 Å². The van der Waals surface area contributed by atoms with Crippen molar-refractivity contribution in [3.8, 4) is 11.3 Å². The molecular weight excluding hydrogens is 375 g/mol. The average Bonchev–Trinajstić information content (AvgIpc) is 3.32. The van der Waals surface area contributed by atoms with Gasteiger partial charge in [-0.2, -0.15) is 5.10 Å². The molecule has 0 unspecified atom stereocenters. The van der Waals surface area contributed by atoms with E-state index in [1.54, 1.807) is 43.3 Å². The monoisotopic (exact) mass is 390 g/mol. The summed E-state index contributed by atoms with van der Waals surface area (Å²) in [6.07, 6.45) is 0. The van der Waals surface area contributed by atoms with Gasteiger partial charge in [0.25, 0.3) is 5.91 Å². The molecule has 0 saturated carbocycles. The maximum atomic E-state index is 13.4. The van der Waals surface area contributed by atoms with Gasteiger partial charge in [0.2, 0.25) is 0 Å². The second-order valence-electron chi connectivity index (χ2n) is 6.44. The number of hydrogen-bond donors (Lipinski definition) is 2. The number of carboxylic acid groups (broad SMARTS) is 1. The Morgan fingerprint density at radius 2 is 1.66 bits per heavy atom. The zero-order valence-electron chi connectivity index (χ0n) is 15.3. The van der Waals surface area contributed by atoms with Crippen LogP contribution in [0.4, 0.5) is 4.39 Å². The normalized spacial score (nSPS) is 15.1. The summed E-state index contributed by atoms with van der Waals surface area (Å²) in [5.74, 6) is -0.855. The largest absolute Gasteiger partial charge is 0.478 e. The minimum absolute atomic E-state index is 0.170. The Morgan fingerprint density at radius 1 is 1.00 bits per heavy atom. The molecule has 1 aromatic heterocycles. The predicted octanol–water partition coefficient (Wildman–Crippen LogP) is 4.09. The number of halogens is 1. The number of rotatable bonds is 4. The van der Waals surface area contributed by atoms with E-state index in [9.17, 15) is 14.0 Å². The SMILES string of the molecule is CC1=NNC(=O)C1=C(c1ccc(F)cc1)c1ccc(-c2ccc(C(=O)O)cc2)o1. The molecule has 1 aliphatic rings. The topological polar surface area (TPSA) is 91.9 Å². The molecule has 3 aromatic rings. The summed E-state index contributed by atoms with van der Waals surface area (Å²) in [4.78, 5) is 23.4. The first-order valence-electron chi connectivity index (χ1n) is 8.73. The van der Waals surface area contributed by atoms with Crippen LogP contribution in [0.25, 0.3) is 16.9 Å². The molecule has 6 nitrogen and oxygen atoms in total. The zero-order valence-corrected chi connectivity index (χ0v) is 15.3. The van der Waals surface area contributed by atoms with Crippen LogP contribution in [0, 0.1) is 5.82 Å². The molecule has 2 aromatic carbocycles. The van der Waals surface area contributed by atoms with Crippen LogP contribution in [0.1, 0.15) is 28.6 Å². The van der Waals surface area contributed by atoms with Crippen molar-refractivity contribution in [3.63, 3.8) is 0 Å².